The molecule has 0 atom stereocenters. The van der Waals surface area contributed by atoms with Crippen LogP contribution in [-0.4, -0.2) is 43.8 Å². The number of nitrogens with one attached hydrogen (secondary N) is 1. The minimum atomic E-state index is -5.99. The Labute approximate surface area is 376 Å². The second-order valence-corrected chi connectivity index (χ2v) is 16.4. The summed E-state index contributed by atoms with van der Waals surface area (Å²) in [5.74, 6) is 1.57. The summed E-state index contributed by atoms with van der Waals surface area (Å²) in [4.78, 5) is 31.2. The van der Waals surface area contributed by atoms with Gasteiger partial charge >= 0.3 is 15.6 Å². The van der Waals surface area contributed by atoms with Gasteiger partial charge in [0.25, 0.3) is 0 Å². The molecule has 0 saturated carbocycles. The largest absolute Gasteiger partial charge is 0.534 e. The van der Waals surface area contributed by atoms with Crippen molar-refractivity contribution in [3.8, 4) is 51.3 Å². The second-order valence-electron chi connectivity index (χ2n) is 14.9. The molecule has 0 saturated heterocycles. The smallest absolute Gasteiger partial charge is 0.376 e. The van der Waals surface area contributed by atoms with Crippen molar-refractivity contribution in [1.82, 2.24) is 29.9 Å². The molecule has 8 aromatic carbocycles. The van der Waals surface area contributed by atoms with Crippen LogP contribution in [0.1, 0.15) is 0 Å². The third kappa shape index (κ3) is 8.45. The number of hydrogen-bond acceptors (Lipinski definition) is 11. The molecule has 0 aliphatic heterocycles. The normalized spacial score (nSPS) is 11.7. The van der Waals surface area contributed by atoms with Crippen molar-refractivity contribution in [2.24, 2.45) is 0 Å². The van der Waals surface area contributed by atoms with E-state index >= 15 is 0 Å². The molecule has 0 aliphatic rings. The highest BCUT2D eigenvalue weighted by molar-refractivity contribution is 7.88. The molecule has 10 aromatic rings. The fraction of sp³-hybridized carbons (Fsp3) is 0.0196. The van der Waals surface area contributed by atoms with Crippen molar-refractivity contribution in [1.29, 1.82) is 0 Å². The predicted octanol–water partition coefficient (Wildman–Crippen LogP) is 12.5. The molecule has 0 fully saturated rings. The minimum Gasteiger partial charge on any atom is -0.376 e. The summed E-state index contributed by atoms with van der Waals surface area (Å²) in [7, 11) is -5.99. The van der Waals surface area contributed by atoms with Gasteiger partial charge in [-0.2, -0.15) is 41.5 Å². The van der Waals surface area contributed by atoms with Gasteiger partial charge in [-0.1, -0.05) is 158 Å². The first-order chi connectivity index (χ1) is 32.1. The molecule has 0 unspecified atom stereocenters. The van der Waals surface area contributed by atoms with Gasteiger partial charge in [-0.15, -0.1) is 0 Å². The molecule has 15 heteroatoms. The van der Waals surface area contributed by atoms with Crippen LogP contribution < -0.4 is 14.4 Å². The Hall–Kier alpha value is -8.56. The standard InChI is InChI=1S/C51H33F3N8O3S/c52-51(53,54)66(63,64)65-40-30-28-34-24-14-26-44(42(34)32-40)62(50-60-47(37-19-9-3-10-20-37)57-48(61-50)38-21-11-4-12-22-38)39-29-27-33-23-13-25-43(41(33)31-39)55-49-58-45(35-15-5-1-6-16-35)56-46(59-49)36-17-7-2-8-18-36/h1-32H,(H,55,56,58,59). The molecule has 0 radical (unpaired) electrons. The van der Waals surface area contributed by atoms with Crippen molar-refractivity contribution < 1.29 is 25.8 Å². The van der Waals surface area contributed by atoms with E-state index in [-0.39, 0.29) is 5.95 Å². The van der Waals surface area contributed by atoms with Gasteiger partial charge in [-0.05, 0) is 47.2 Å². The van der Waals surface area contributed by atoms with Crippen molar-refractivity contribution in [2.75, 3.05) is 10.2 Å². The van der Waals surface area contributed by atoms with Crippen LogP contribution in [0.4, 0.5) is 42.1 Å². The van der Waals surface area contributed by atoms with E-state index in [4.69, 9.17) is 29.9 Å². The Kier molecular flexibility index (Phi) is 10.8. The summed E-state index contributed by atoms with van der Waals surface area (Å²) in [5.41, 5.74) is -1.05. The molecule has 10 rings (SSSR count). The molecule has 322 valence electrons. The van der Waals surface area contributed by atoms with Crippen molar-refractivity contribution in [3.63, 3.8) is 0 Å². The van der Waals surface area contributed by atoms with Gasteiger partial charge in [0.2, 0.25) is 11.9 Å². The van der Waals surface area contributed by atoms with Gasteiger partial charge in [-0.3, -0.25) is 4.90 Å². The van der Waals surface area contributed by atoms with E-state index in [1.54, 1.807) is 23.1 Å². The first kappa shape index (κ1) is 41.5. The quantitative estimate of drug-likeness (QED) is 0.0981. The van der Waals surface area contributed by atoms with E-state index in [1.165, 1.54) is 18.2 Å². The summed E-state index contributed by atoms with van der Waals surface area (Å²) in [6.45, 7) is 0. The van der Waals surface area contributed by atoms with E-state index < -0.39 is 21.4 Å². The highest BCUT2D eigenvalue weighted by Gasteiger charge is 2.48. The van der Waals surface area contributed by atoms with Crippen molar-refractivity contribution in [2.45, 2.75) is 5.51 Å². The molecule has 0 aliphatic carbocycles. The topological polar surface area (TPSA) is 136 Å². The first-order valence-corrected chi connectivity index (χ1v) is 21.8. The van der Waals surface area contributed by atoms with Crippen LogP contribution in [0.5, 0.6) is 5.75 Å². The number of alkyl halides is 3. The van der Waals surface area contributed by atoms with Crippen LogP contribution in [0.25, 0.3) is 67.1 Å². The van der Waals surface area contributed by atoms with Crippen LogP contribution in [-0.2, 0) is 10.1 Å². The Bertz CT molecular complexity index is 3380. The Morgan fingerprint density at radius 3 is 1.45 bits per heavy atom. The molecule has 0 amide bonds. The lowest BCUT2D eigenvalue weighted by Gasteiger charge is -2.26. The van der Waals surface area contributed by atoms with Gasteiger partial charge in [-0.25, -0.2) is 9.97 Å². The molecule has 0 spiro atoms. The predicted molar refractivity (Wildman–Crippen MR) is 250 cm³/mol. The highest BCUT2D eigenvalue weighted by Crippen LogP contribution is 2.42. The van der Waals surface area contributed by atoms with Gasteiger partial charge in [0.1, 0.15) is 5.75 Å². The number of hydrogen-bond donors (Lipinski definition) is 1. The minimum absolute atomic E-state index is 0.159. The molecule has 2 aromatic heterocycles. The Morgan fingerprint density at radius 2 is 0.939 bits per heavy atom. The number of aromatic nitrogens is 6. The zero-order chi connectivity index (χ0) is 45.3. The zero-order valence-corrected chi connectivity index (χ0v) is 35.2. The van der Waals surface area contributed by atoms with Gasteiger partial charge < -0.3 is 9.50 Å². The summed E-state index contributed by atoms with van der Waals surface area (Å²) < 4.78 is 69.8. The SMILES string of the molecule is O=S(=O)(Oc1ccc2cccc(N(c3ccc4cccc(Nc5nc(-c6ccccc6)nc(-c6ccccc6)n5)c4c3)c3nc(-c4ccccc4)nc(-c4ccccc4)n3)c2c1)C(F)(F)F. The van der Waals surface area contributed by atoms with Gasteiger partial charge in [0.15, 0.2) is 23.3 Å². The lowest BCUT2D eigenvalue weighted by Crippen LogP contribution is -2.28. The molecular weight excluding hydrogens is 862 g/mol. The number of halogens is 3. The van der Waals surface area contributed by atoms with Crippen LogP contribution >= 0.6 is 0 Å². The maximum atomic E-state index is 13.6. The fourth-order valence-corrected chi connectivity index (χ4v) is 7.86. The Balaban J connectivity index is 1.18. The lowest BCUT2D eigenvalue weighted by atomic mass is 10.0. The van der Waals surface area contributed by atoms with E-state index in [2.05, 4.69) is 9.50 Å². The number of nitrogens with zero attached hydrogens (tertiary/aromatic N) is 7. The lowest BCUT2D eigenvalue weighted by molar-refractivity contribution is -0.0500. The number of fused-ring (bicyclic) bond motifs is 2. The summed E-state index contributed by atoms with van der Waals surface area (Å²) in [5, 5.41) is 5.95. The van der Waals surface area contributed by atoms with Crippen LogP contribution in [0, 0.1) is 0 Å². The summed E-state index contributed by atoms with van der Waals surface area (Å²) in [6, 6.07) is 58.6. The number of benzene rings is 8. The average molecular weight is 895 g/mol. The molecule has 66 heavy (non-hydrogen) atoms. The maximum Gasteiger partial charge on any atom is 0.534 e. The van der Waals surface area contributed by atoms with Crippen molar-refractivity contribution in [3.05, 3.63) is 194 Å². The molecule has 2 heterocycles. The van der Waals surface area contributed by atoms with Gasteiger partial charge in [0, 0.05) is 44.4 Å². The Morgan fingerprint density at radius 1 is 0.470 bits per heavy atom. The highest BCUT2D eigenvalue weighted by atomic mass is 32.2. The third-order valence-corrected chi connectivity index (χ3v) is 11.5. The average Bonchev–Trinajstić information content (AvgIpc) is 3.35. The molecule has 11 nitrogen and oxygen atoms in total. The molecule has 1 N–H and O–H groups in total. The third-order valence-electron chi connectivity index (χ3n) is 10.5. The van der Waals surface area contributed by atoms with E-state index in [1.807, 2.05) is 158 Å². The van der Waals surface area contributed by atoms with E-state index in [9.17, 15) is 21.6 Å². The number of anilines is 5. The van der Waals surface area contributed by atoms with E-state index in [0.717, 1.165) is 21.9 Å². The van der Waals surface area contributed by atoms with Crippen molar-refractivity contribution >= 4 is 60.6 Å². The summed E-state index contributed by atoms with van der Waals surface area (Å²) in [6.07, 6.45) is 0. The summed E-state index contributed by atoms with van der Waals surface area (Å²) >= 11 is 0. The zero-order valence-electron chi connectivity index (χ0n) is 34.4. The monoisotopic (exact) mass is 894 g/mol. The van der Waals surface area contributed by atoms with E-state index in [0.29, 0.717) is 68.2 Å². The van der Waals surface area contributed by atoms with Crippen LogP contribution in [0.15, 0.2) is 194 Å². The molecular formula is C51H33F3N8O3S. The van der Waals surface area contributed by atoms with Crippen LogP contribution in [0.2, 0.25) is 0 Å². The fourth-order valence-electron chi connectivity index (χ4n) is 7.41. The molecule has 0 bridgehead atoms. The van der Waals surface area contributed by atoms with Crippen LogP contribution in [0.3, 0.4) is 0 Å². The second kappa shape index (κ2) is 17.2. The number of rotatable bonds is 11. The first-order valence-electron chi connectivity index (χ1n) is 20.4. The maximum absolute atomic E-state index is 13.6. The van der Waals surface area contributed by atoms with Gasteiger partial charge in [0.05, 0.1) is 5.69 Å².